The molecule has 2 aliphatic carbocycles. The van der Waals surface area contributed by atoms with Crippen LogP contribution in [-0.2, 0) is 4.79 Å². The summed E-state index contributed by atoms with van der Waals surface area (Å²) in [5, 5.41) is 14.8. The van der Waals surface area contributed by atoms with Gasteiger partial charge >= 0.3 is 0 Å². The van der Waals surface area contributed by atoms with Crippen molar-refractivity contribution < 1.29 is 4.79 Å². The average Bonchev–Trinajstić information content (AvgIpc) is 3.52. The highest BCUT2D eigenvalue weighted by molar-refractivity contribution is 5.78. The van der Waals surface area contributed by atoms with Crippen LogP contribution in [0.4, 0.5) is 5.82 Å². The van der Waals surface area contributed by atoms with Crippen LogP contribution in [-0.4, -0.2) is 47.8 Å². The molecule has 130 valence electrons. The monoisotopic (exact) mass is 329 g/mol. The lowest BCUT2D eigenvalue weighted by Gasteiger charge is -2.25. The molecule has 1 saturated heterocycles. The van der Waals surface area contributed by atoms with Crippen LogP contribution in [0.2, 0.25) is 0 Å². The maximum Gasteiger partial charge on any atom is 0.234 e. The third kappa shape index (κ3) is 3.86. The maximum atomic E-state index is 12.2. The minimum atomic E-state index is 0.155. The van der Waals surface area contributed by atoms with Crippen molar-refractivity contribution in [3.63, 3.8) is 0 Å². The van der Waals surface area contributed by atoms with E-state index in [0.29, 0.717) is 18.6 Å². The second-order valence-corrected chi connectivity index (χ2v) is 7.47. The number of nitrogens with zero attached hydrogens (tertiary/aromatic N) is 3. The smallest absolute Gasteiger partial charge is 0.234 e. The summed E-state index contributed by atoms with van der Waals surface area (Å²) in [6.07, 6.45) is 9.19. The van der Waals surface area contributed by atoms with Gasteiger partial charge in [-0.1, -0.05) is 0 Å². The van der Waals surface area contributed by atoms with Crippen molar-refractivity contribution in [2.24, 2.45) is 11.8 Å². The van der Waals surface area contributed by atoms with Crippen molar-refractivity contribution in [2.45, 2.75) is 50.6 Å². The predicted octanol–water partition coefficient (Wildman–Crippen LogP) is 1.34. The first kappa shape index (κ1) is 15.8. The van der Waals surface area contributed by atoms with E-state index in [1.165, 1.54) is 32.1 Å². The lowest BCUT2D eigenvalue weighted by atomic mass is 10.1. The molecule has 0 unspecified atom stereocenters. The van der Waals surface area contributed by atoms with Crippen LogP contribution >= 0.6 is 0 Å². The van der Waals surface area contributed by atoms with Gasteiger partial charge in [-0.2, -0.15) is 5.10 Å². The Morgan fingerprint density at radius 3 is 2.71 bits per heavy atom. The molecule has 2 heterocycles. The molecular formula is C18H27N5O. The van der Waals surface area contributed by atoms with Crippen LogP contribution in [0.3, 0.4) is 0 Å². The molecule has 6 nitrogen and oxygen atoms in total. The first-order valence-electron chi connectivity index (χ1n) is 9.35. The van der Waals surface area contributed by atoms with Crippen LogP contribution < -0.4 is 15.5 Å². The predicted molar refractivity (Wildman–Crippen MR) is 92.6 cm³/mol. The topological polar surface area (TPSA) is 70.2 Å². The van der Waals surface area contributed by atoms with Gasteiger partial charge in [0.15, 0.2) is 5.82 Å². The fraction of sp³-hybridized carbons (Fsp3) is 0.722. The summed E-state index contributed by atoms with van der Waals surface area (Å²) in [6, 6.07) is 4.78. The van der Waals surface area contributed by atoms with Crippen molar-refractivity contribution >= 4 is 11.7 Å². The van der Waals surface area contributed by atoms with E-state index in [2.05, 4.69) is 25.7 Å². The van der Waals surface area contributed by atoms with Gasteiger partial charge in [-0.15, -0.1) is 5.10 Å². The fourth-order valence-corrected chi connectivity index (χ4v) is 3.92. The third-order valence-electron chi connectivity index (χ3n) is 5.48. The van der Waals surface area contributed by atoms with Crippen molar-refractivity contribution in [1.29, 1.82) is 0 Å². The fourth-order valence-electron chi connectivity index (χ4n) is 3.92. The first-order chi connectivity index (χ1) is 11.8. The highest BCUT2D eigenvalue weighted by Crippen LogP contribution is 2.44. The van der Waals surface area contributed by atoms with Gasteiger partial charge < -0.3 is 15.5 Å². The molecular weight excluding hydrogens is 302 g/mol. The number of carbonyl (C=O) groups is 1. The SMILES string of the molecule is O=C(CNC[C@@H]1CCCN1c1cccnn1)NC(C1CC1)C1CC1. The van der Waals surface area contributed by atoms with E-state index < -0.39 is 0 Å². The Labute approximate surface area is 143 Å². The molecule has 3 aliphatic rings. The minimum Gasteiger partial charge on any atom is -0.352 e. The molecule has 1 amide bonds. The van der Waals surface area contributed by atoms with Crippen LogP contribution in [0.1, 0.15) is 38.5 Å². The van der Waals surface area contributed by atoms with Gasteiger partial charge in [-0.3, -0.25) is 4.79 Å². The normalized spacial score (nSPS) is 23.7. The number of anilines is 1. The second-order valence-electron chi connectivity index (χ2n) is 7.47. The van der Waals surface area contributed by atoms with Crippen LogP contribution in [0.5, 0.6) is 0 Å². The molecule has 1 aromatic heterocycles. The number of aromatic nitrogens is 2. The van der Waals surface area contributed by atoms with E-state index in [1.807, 2.05) is 12.1 Å². The Hall–Kier alpha value is -1.69. The van der Waals surface area contributed by atoms with E-state index in [0.717, 1.165) is 37.2 Å². The Kier molecular flexibility index (Phi) is 4.65. The molecule has 1 aromatic rings. The van der Waals surface area contributed by atoms with Crippen molar-refractivity contribution in [2.75, 3.05) is 24.5 Å². The quantitative estimate of drug-likeness (QED) is 0.753. The molecule has 0 spiro atoms. The van der Waals surface area contributed by atoms with Crippen molar-refractivity contribution in [3.05, 3.63) is 18.3 Å². The third-order valence-corrected chi connectivity index (χ3v) is 5.48. The Bertz CT molecular complexity index is 546. The standard InChI is InChI=1S/C18H27N5O/c24-17(21-18(13-5-6-13)14-7-8-14)12-19-11-15-3-2-10-23(15)16-4-1-9-20-22-16/h1,4,9,13-15,18-19H,2-3,5-8,10-12H2,(H,21,24)/t15-/m0/s1. The number of hydrogen-bond donors (Lipinski definition) is 2. The number of rotatable bonds is 8. The molecule has 24 heavy (non-hydrogen) atoms. The maximum absolute atomic E-state index is 12.2. The summed E-state index contributed by atoms with van der Waals surface area (Å²) >= 11 is 0. The van der Waals surface area contributed by atoms with Crippen molar-refractivity contribution in [1.82, 2.24) is 20.8 Å². The van der Waals surface area contributed by atoms with Gasteiger partial charge in [0.1, 0.15) is 0 Å². The van der Waals surface area contributed by atoms with Gasteiger partial charge in [-0.25, -0.2) is 0 Å². The molecule has 4 rings (SSSR count). The summed E-state index contributed by atoms with van der Waals surface area (Å²) < 4.78 is 0. The van der Waals surface area contributed by atoms with Crippen LogP contribution in [0.25, 0.3) is 0 Å². The van der Waals surface area contributed by atoms with E-state index in [-0.39, 0.29) is 5.91 Å². The molecule has 0 aromatic carbocycles. The Morgan fingerprint density at radius 2 is 2.04 bits per heavy atom. The molecule has 2 saturated carbocycles. The summed E-state index contributed by atoms with van der Waals surface area (Å²) in [4.78, 5) is 14.5. The van der Waals surface area contributed by atoms with Gasteiger partial charge in [0.25, 0.3) is 0 Å². The lowest BCUT2D eigenvalue weighted by Crippen LogP contribution is -2.45. The average molecular weight is 329 g/mol. The lowest BCUT2D eigenvalue weighted by molar-refractivity contribution is -0.121. The molecule has 2 N–H and O–H groups in total. The Balaban J connectivity index is 1.22. The summed E-state index contributed by atoms with van der Waals surface area (Å²) in [7, 11) is 0. The highest BCUT2D eigenvalue weighted by atomic mass is 16.2. The van der Waals surface area contributed by atoms with Gasteiger partial charge in [-0.05, 0) is 62.5 Å². The first-order valence-corrected chi connectivity index (χ1v) is 9.35. The largest absolute Gasteiger partial charge is 0.352 e. The van der Waals surface area contributed by atoms with E-state index in [9.17, 15) is 4.79 Å². The summed E-state index contributed by atoms with van der Waals surface area (Å²) in [5.74, 6) is 2.60. The zero-order chi connectivity index (χ0) is 16.4. The number of carbonyl (C=O) groups excluding carboxylic acids is 1. The summed E-state index contributed by atoms with van der Waals surface area (Å²) in [5.41, 5.74) is 0. The van der Waals surface area contributed by atoms with E-state index in [1.54, 1.807) is 6.20 Å². The molecule has 1 atom stereocenters. The summed E-state index contributed by atoms with van der Waals surface area (Å²) in [6.45, 7) is 2.25. The Morgan fingerprint density at radius 1 is 1.25 bits per heavy atom. The van der Waals surface area contributed by atoms with E-state index in [4.69, 9.17) is 0 Å². The number of nitrogens with one attached hydrogen (secondary N) is 2. The number of amides is 1. The molecule has 0 radical (unpaired) electrons. The van der Waals surface area contributed by atoms with Crippen molar-refractivity contribution in [3.8, 4) is 0 Å². The van der Waals surface area contributed by atoms with Crippen LogP contribution in [0.15, 0.2) is 18.3 Å². The van der Waals surface area contributed by atoms with Gasteiger partial charge in [0, 0.05) is 31.4 Å². The zero-order valence-electron chi connectivity index (χ0n) is 14.2. The number of hydrogen-bond acceptors (Lipinski definition) is 5. The highest BCUT2D eigenvalue weighted by Gasteiger charge is 2.42. The zero-order valence-corrected chi connectivity index (χ0v) is 14.2. The molecule has 0 bridgehead atoms. The molecule has 1 aliphatic heterocycles. The van der Waals surface area contributed by atoms with Gasteiger partial charge in [0.2, 0.25) is 5.91 Å². The van der Waals surface area contributed by atoms with Gasteiger partial charge in [0.05, 0.1) is 6.54 Å². The van der Waals surface area contributed by atoms with Crippen LogP contribution in [0, 0.1) is 11.8 Å². The van der Waals surface area contributed by atoms with E-state index >= 15 is 0 Å². The molecule has 3 fully saturated rings. The molecule has 6 heteroatoms. The minimum absolute atomic E-state index is 0.155. The second kappa shape index (κ2) is 7.05.